The van der Waals surface area contributed by atoms with Crippen molar-refractivity contribution in [3.05, 3.63) is 71.3 Å². The number of ether oxygens (including phenoxy) is 1. The summed E-state index contributed by atoms with van der Waals surface area (Å²) in [4.78, 5) is 12.4. The minimum atomic E-state index is -0.0279. The molecule has 23 heavy (non-hydrogen) atoms. The highest BCUT2D eigenvalue weighted by Gasteiger charge is 2.34. The van der Waals surface area contributed by atoms with E-state index >= 15 is 0 Å². The Balaban J connectivity index is 1.74. The maximum Gasteiger partial charge on any atom is 0.251 e. The van der Waals surface area contributed by atoms with Crippen LogP contribution in [0.2, 0.25) is 0 Å². The maximum atomic E-state index is 12.4. The van der Waals surface area contributed by atoms with Gasteiger partial charge in [0.15, 0.2) is 0 Å². The Morgan fingerprint density at radius 3 is 2.35 bits per heavy atom. The van der Waals surface area contributed by atoms with Crippen LogP contribution in [0, 0.1) is 6.92 Å². The second kappa shape index (κ2) is 6.97. The topological polar surface area (TPSA) is 38.3 Å². The molecule has 0 atom stereocenters. The van der Waals surface area contributed by atoms with Gasteiger partial charge in [0.25, 0.3) is 5.91 Å². The molecule has 2 aromatic rings. The van der Waals surface area contributed by atoms with Crippen molar-refractivity contribution in [2.45, 2.75) is 25.2 Å². The molecule has 3 heteroatoms. The summed E-state index contributed by atoms with van der Waals surface area (Å²) in [6.07, 6.45) is 1.87. The first-order chi connectivity index (χ1) is 11.2. The summed E-state index contributed by atoms with van der Waals surface area (Å²) in [5.74, 6) is -0.00759. The molecule has 0 unspecified atom stereocenters. The molecule has 0 saturated carbocycles. The minimum Gasteiger partial charge on any atom is -0.381 e. The SMILES string of the molecule is Cc1ccc(C(=O)NCC2(c3ccccc3)CCOCC2)cc1. The quantitative estimate of drug-likeness (QED) is 0.939. The van der Waals surface area contributed by atoms with E-state index in [1.807, 2.05) is 37.3 Å². The Hall–Kier alpha value is -2.13. The van der Waals surface area contributed by atoms with Crippen molar-refractivity contribution in [1.29, 1.82) is 0 Å². The largest absolute Gasteiger partial charge is 0.381 e. The molecule has 0 radical (unpaired) electrons. The number of aryl methyl sites for hydroxylation is 1. The molecule has 3 nitrogen and oxygen atoms in total. The van der Waals surface area contributed by atoms with Gasteiger partial charge in [0.05, 0.1) is 0 Å². The lowest BCUT2D eigenvalue weighted by Gasteiger charge is -2.38. The third kappa shape index (κ3) is 3.62. The van der Waals surface area contributed by atoms with Gasteiger partial charge in [-0.15, -0.1) is 0 Å². The van der Waals surface area contributed by atoms with E-state index in [2.05, 4.69) is 29.6 Å². The second-order valence-corrected chi connectivity index (χ2v) is 6.31. The molecule has 3 rings (SSSR count). The molecule has 1 heterocycles. The molecular weight excluding hydrogens is 286 g/mol. The van der Waals surface area contributed by atoms with E-state index in [-0.39, 0.29) is 11.3 Å². The van der Waals surface area contributed by atoms with Gasteiger partial charge in [-0.2, -0.15) is 0 Å². The molecule has 1 saturated heterocycles. The zero-order chi connectivity index (χ0) is 16.1. The van der Waals surface area contributed by atoms with E-state index in [0.717, 1.165) is 31.6 Å². The summed E-state index contributed by atoms with van der Waals surface area (Å²) >= 11 is 0. The maximum absolute atomic E-state index is 12.4. The van der Waals surface area contributed by atoms with Gasteiger partial charge in [0, 0.05) is 30.7 Å². The predicted octanol–water partition coefficient (Wildman–Crippen LogP) is 3.47. The average molecular weight is 309 g/mol. The lowest BCUT2D eigenvalue weighted by Crippen LogP contribution is -2.44. The lowest BCUT2D eigenvalue weighted by molar-refractivity contribution is 0.0487. The first-order valence-electron chi connectivity index (χ1n) is 8.18. The van der Waals surface area contributed by atoms with Crippen LogP contribution in [0.25, 0.3) is 0 Å². The van der Waals surface area contributed by atoms with Gasteiger partial charge < -0.3 is 10.1 Å². The molecule has 2 aromatic carbocycles. The van der Waals surface area contributed by atoms with Crippen LogP contribution in [0.1, 0.15) is 34.3 Å². The van der Waals surface area contributed by atoms with Crippen LogP contribution in [-0.2, 0) is 10.2 Å². The number of carbonyl (C=O) groups is 1. The number of benzene rings is 2. The first-order valence-corrected chi connectivity index (χ1v) is 8.18. The van der Waals surface area contributed by atoms with Crippen molar-refractivity contribution in [3.63, 3.8) is 0 Å². The van der Waals surface area contributed by atoms with E-state index in [1.54, 1.807) is 0 Å². The Morgan fingerprint density at radius 1 is 1.04 bits per heavy atom. The van der Waals surface area contributed by atoms with Crippen LogP contribution < -0.4 is 5.32 Å². The number of rotatable bonds is 4. The standard InChI is InChI=1S/C20H23NO2/c1-16-7-9-17(10-8-16)19(22)21-15-20(11-13-23-14-12-20)18-5-3-2-4-6-18/h2-10H,11-15H2,1H3,(H,21,22). The van der Waals surface area contributed by atoms with Crippen LogP contribution in [0.15, 0.2) is 54.6 Å². The Morgan fingerprint density at radius 2 is 1.70 bits per heavy atom. The fourth-order valence-electron chi connectivity index (χ4n) is 3.18. The van der Waals surface area contributed by atoms with Crippen LogP contribution >= 0.6 is 0 Å². The fraction of sp³-hybridized carbons (Fsp3) is 0.350. The Kier molecular flexibility index (Phi) is 4.77. The van der Waals surface area contributed by atoms with Gasteiger partial charge >= 0.3 is 0 Å². The number of hydrogen-bond donors (Lipinski definition) is 1. The van der Waals surface area contributed by atoms with E-state index in [0.29, 0.717) is 12.1 Å². The second-order valence-electron chi connectivity index (χ2n) is 6.31. The summed E-state index contributed by atoms with van der Waals surface area (Å²) in [6.45, 7) is 4.16. The highest BCUT2D eigenvalue weighted by atomic mass is 16.5. The zero-order valence-corrected chi connectivity index (χ0v) is 13.5. The van der Waals surface area contributed by atoms with Crippen LogP contribution in [-0.4, -0.2) is 25.7 Å². The monoisotopic (exact) mass is 309 g/mol. The Bertz CT molecular complexity index is 643. The summed E-state index contributed by atoms with van der Waals surface area (Å²) in [6, 6.07) is 18.2. The normalized spacial score (nSPS) is 16.7. The highest BCUT2D eigenvalue weighted by molar-refractivity contribution is 5.94. The summed E-state index contributed by atoms with van der Waals surface area (Å²) in [5, 5.41) is 3.13. The first kappa shape index (κ1) is 15.8. The molecule has 0 aliphatic carbocycles. The van der Waals surface area contributed by atoms with Crippen LogP contribution in [0.4, 0.5) is 0 Å². The van der Waals surface area contributed by atoms with Gasteiger partial charge in [-0.25, -0.2) is 0 Å². The third-order valence-corrected chi connectivity index (χ3v) is 4.74. The predicted molar refractivity (Wildman–Crippen MR) is 91.7 cm³/mol. The molecule has 1 fully saturated rings. The highest BCUT2D eigenvalue weighted by Crippen LogP contribution is 2.34. The molecule has 0 bridgehead atoms. The molecule has 1 aliphatic rings. The number of nitrogens with one attached hydrogen (secondary N) is 1. The van der Waals surface area contributed by atoms with Crippen molar-refractivity contribution < 1.29 is 9.53 Å². The van der Waals surface area contributed by atoms with E-state index in [1.165, 1.54) is 5.56 Å². The van der Waals surface area contributed by atoms with E-state index < -0.39 is 0 Å². The summed E-state index contributed by atoms with van der Waals surface area (Å²) < 4.78 is 5.54. The van der Waals surface area contributed by atoms with Crippen LogP contribution in [0.5, 0.6) is 0 Å². The van der Waals surface area contributed by atoms with E-state index in [9.17, 15) is 4.79 Å². The molecular formula is C20H23NO2. The molecule has 120 valence electrons. The van der Waals surface area contributed by atoms with Crippen molar-refractivity contribution in [1.82, 2.24) is 5.32 Å². The summed E-state index contributed by atoms with van der Waals surface area (Å²) in [7, 11) is 0. The van der Waals surface area contributed by atoms with Crippen molar-refractivity contribution in [2.24, 2.45) is 0 Å². The van der Waals surface area contributed by atoms with Gasteiger partial charge in [-0.05, 0) is 37.5 Å². The molecule has 1 N–H and O–H groups in total. The molecule has 0 spiro atoms. The van der Waals surface area contributed by atoms with Gasteiger partial charge in [-0.1, -0.05) is 48.0 Å². The van der Waals surface area contributed by atoms with Crippen molar-refractivity contribution in [3.8, 4) is 0 Å². The summed E-state index contributed by atoms with van der Waals surface area (Å²) in [5.41, 5.74) is 3.13. The Labute approximate surface area is 137 Å². The van der Waals surface area contributed by atoms with Crippen LogP contribution in [0.3, 0.4) is 0 Å². The third-order valence-electron chi connectivity index (χ3n) is 4.74. The average Bonchev–Trinajstić information content (AvgIpc) is 2.62. The lowest BCUT2D eigenvalue weighted by atomic mass is 9.74. The van der Waals surface area contributed by atoms with Crippen molar-refractivity contribution in [2.75, 3.05) is 19.8 Å². The number of hydrogen-bond acceptors (Lipinski definition) is 2. The van der Waals surface area contributed by atoms with E-state index in [4.69, 9.17) is 4.74 Å². The zero-order valence-electron chi connectivity index (χ0n) is 13.5. The molecule has 0 aromatic heterocycles. The minimum absolute atomic E-state index is 0.00759. The van der Waals surface area contributed by atoms with Gasteiger partial charge in [0.1, 0.15) is 0 Å². The van der Waals surface area contributed by atoms with Crippen molar-refractivity contribution >= 4 is 5.91 Å². The molecule has 1 amide bonds. The van der Waals surface area contributed by atoms with Gasteiger partial charge in [-0.3, -0.25) is 4.79 Å². The molecule has 1 aliphatic heterocycles. The smallest absolute Gasteiger partial charge is 0.251 e. The number of carbonyl (C=O) groups excluding carboxylic acids is 1. The fourth-order valence-corrected chi connectivity index (χ4v) is 3.18. The number of amides is 1. The van der Waals surface area contributed by atoms with Gasteiger partial charge in [0.2, 0.25) is 0 Å².